The smallest absolute Gasteiger partial charge is 0.248 e. The van der Waals surface area contributed by atoms with E-state index >= 15 is 0 Å². The summed E-state index contributed by atoms with van der Waals surface area (Å²) < 4.78 is 0. The fraction of sp³-hybridized carbons (Fsp3) is 0.238. The summed E-state index contributed by atoms with van der Waals surface area (Å²) in [5, 5.41) is 6.33. The first-order valence-electron chi connectivity index (χ1n) is 8.61. The predicted octanol–water partition coefficient (Wildman–Crippen LogP) is 5.08. The van der Waals surface area contributed by atoms with E-state index < -0.39 is 0 Å². The van der Waals surface area contributed by atoms with Gasteiger partial charge in [0, 0.05) is 29.4 Å². The minimum absolute atomic E-state index is 0.118. The molecule has 2 rings (SSSR count). The highest BCUT2D eigenvalue weighted by atomic mass is 35.5. The highest BCUT2D eigenvalue weighted by Crippen LogP contribution is 2.29. The average Bonchev–Trinajstić information content (AvgIpc) is 2.61. The zero-order valence-corrected chi connectivity index (χ0v) is 16.0. The van der Waals surface area contributed by atoms with Gasteiger partial charge in [0.05, 0.1) is 0 Å². The SMILES string of the molecule is CCc1ccc(Cl)c(CC)c1NC(=O)/C=C/c1ccc(NC(C)=O)cc1. The standard InChI is InChI=1S/C21H23ClN2O2/c1-4-16-9-12-19(22)18(5-2)21(16)24-20(26)13-8-15-6-10-17(11-7-15)23-14(3)25/h6-13H,4-5H2,1-3H3,(H,23,25)(H,24,26)/b13-8+. The van der Waals surface area contributed by atoms with Gasteiger partial charge in [-0.1, -0.05) is 43.6 Å². The highest BCUT2D eigenvalue weighted by Gasteiger charge is 2.12. The van der Waals surface area contributed by atoms with Crippen molar-refractivity contribution in [1.29, 1.82) is 0 Å². The number of halogens is 1. The first-order chi connectivity index (χ1) is 12.4. The summed E-state index contributed by atoms with van der Waals surface area (Å²) in [6, 6.07) is 11.1. The Morgan fingerprint density at radius 2 is 1.69 bits per heavy atom. The van der Waals surface area contributed by atoms with Crippen molar-refractivity contribution in [1.82, 2.24) is 0 Å². The molecule has 0 heterocycles. The Hall–Kier alpha value is -2.59. The first kappa shape index (κ1) is 19.7. The Balaban J connectivity index is 2.12. The molecule has 2 N–H and O–H groups in total. The van der Waals surface area contributed by atoms with Crippen molar-refractivity contribution >= 4 is 40.9 Å². The fourth-order valence-electron chi connectivity index (χ4n) is 2.68. The maximum absolute atomic E-state index is 12.3. The molecule has 0 aliphatic heterocycles. The van der Waals surface area contributed by atoms with E-state index in [0.717, 1.165) is 40.9 Å². The van der Waals surface area contributed by atoms with E-state index in [0.29, 0.717) is 5.02 Å². The number of carbonyl (C=O) groups excluding carboxylic acids is 2. The number of anilines is 2. The van der Waals surface area contributed by atoms with Crippen LogP contribution in [0.25, 0.3) is 6.08 Å². The zero-order chi connectivity index (χ0) is 19.1. The van der Waals surface area contributed by atoms with Crippen LogP contribution in [-0.4, -0.2) is 11.8 Å². The second-order valence-electron chi connectivity index (χ2n) is 5.89. The molecule has 136 valence electrons. The van der Waals surface area contributed by atoms with Crippen LogP contribution in [0.2, 0.25) is 5.02 Å². The highest BCUT2D eigenvalue weighted by molar-refractivity contribution is 6.32. The van der Waals surface area contributed by atoms with Gasteiger partial charge in [-0.05, 0) is 53.8 Å². The van der Waals surface area contributed by atoms with Crippen molar-refractivity contribution in [3.63, 3.8) is 0 Å². The molecule has 0 atom stereocenters. The number of amides is 2. The molecule has 0 saturated carbocycles. The van der Waals surface area contributed by atoms with Gasteiger partial charge in [-0.2, -0.15) is 0 Å². The van der Waals surface area contributed by atoms with Gasteiger partial charge < -0.3 is 10.6 Å². The second kappa shape index (κ2) is 9.20. The van der Waals surface area contributed by atoms with Crippen LogP contribution in [0, 0.1) is 0 Å². The normalized spacial score (nSPS) is 10.8. The maximum Gasteiger partial charge on any atom is 0.248 e. The first-order valence-corrected chi connectivity index (χ1v) is 8.99. The van der Waals surface area contributed by atoms with Crippen LogP contribution in [0.5, 0.6) is 0 Å². The summed E-state index contributed by atoms with van der Waals surface area (Å²) in [6.45, 7) is 5.52. The van der Waals surface area contributed by atoms with Gasteiger partial charge in [0.1, 0.15) is 0 Å². The number of hydrogen-bond acceptors (Lipinski definition) is 2. The maximum atomic E-state index is 12.3. The third-order valence-corrected chi connectivity index (χ3v) is 4.34. The lowest BCUT2D eigenvalue weighted by Gasteiger charge is -2.15. The van der Waals surface area contributed by atoms with Crippen molar-refractivity contribution in [3.8, 4) is 0 Å². The number of benzene rings is 2. The summed E-state index contributed by atoms with van der Waals surface area (Å²) in [6.07, 6.45) is 4.78. The largest absolute Gasteiger partial charge is 0.326 e. The van der Waals surface area contributed by atoms with E-state index in [1.807, 2.05) is 38.1 Å². The van der Waals surface area contributed by atoms with E-state index in [9.17, 15) is 9.59 Å². The van der Waals surface area contributed by atoms with Gasteiger partial charge in [-0.25, -0.2) is 0 Å². The summed E-state index contributed by atoms with van der Waals surface area (Å²) in [5.41, 5.74) is 4.41. The molecule has 0 spiro atoms. The molecule has 0 aliphatic rings. The van der Waals surface area contributed by atoms with Crippen LogP contribution in [0.3, 0.4) is 0 Å². The molecule has 4 nitrogen and oxygen atoms in total. The van der Waals surface area contributed by atoms with Crippen molar-refractivity contribution < 1.29 is 9.59 Å². The third-order valence-electron chi connectivity index (χ3n) is 3.98. The van der Waals surface area contributed by atoms with Gasteiger partial charge in [0.15, 0.2) is 0 Å². The molecule has 2 aromatic carbocycles. The Kier molecular flexibility index (Phi) is 6.98. The number of aryl methyl sites for hydroxylation is 1. The van der Waals surface area contributed by atoms with Gasteiger partial charge in [0.2, 0.25) is 11.8 Å². The monoisotopic (exact) mass is 370 g/mol. The molecule has 0 fully saturated rings. The minimum atomic E-state index is -0.206. The second-order valence-corrected chi connectivity index (χ2v) is 6.30. The molecular weight excluding hydrogens is 348 g/mol. The molecule has 0 unspecified atom stereocenters. The van der Waals surface area contributed by atoms with E-state index in [1.54, 1.807) is 18.2 Å². The van der Waals surface area contributed by atoms with Crippen LogP contribution in [0.1, 0.15) is 37.5 Å². The molecule has 0 aliphatic carbocycles. The fourth-order valence-corrected chi connectivity index (χ4v) is 2.98. The summed E-state index contributed by atoms with van der Waals surface area (Å²) in [5.74, 6) is -0.324. The Morgan fingerprint density at radius 1 is 1.00 bits per heavy atom. The number of rotatable bonds is 6. The number of nitrogens with one attached hydrogen (secondary N) is 2. The zero-order valence-electron chi connectivity index (χ0n) is 15.2. The Morgan fingerprint density at radius 3 is 2.27 bits per heavy atom. The number of carbonyl (C=O) groups is 2. The Bertz CT molecular complexity index is 827. The lowest BCUT2D eigenvalue weighted by Crippen LogP contribution is -2.12. The molecular formula is C21H23ClN2O2. The van der Waals surface area contributed by atoms with Crippen LogP contribution in [0.15, 0.2) is 42.5 Å². The van der Waals surface area contributed by atoms with Crippen LogP contribution >= 0.6 is 11.6 Å². The van der Waals surface area contributed by atoms with Crippen molar-refractivity contribution in [3.05, 3.63) is 64.2 Å². The summed E-state index contributed by atoms with van der Waals surface area (Å²) in [4.78, 5) is 23.4. The lowest BCUT2D eigenvalue weighted by atomic mass is 10.0. The molecule has 26 heavy (non-hydrogen) atoms. The Labute approximate surface area is 159 Å². The topological polar surface area (TPSA) is 58.2 Å². The van der Waals surface area contributed by atoms with Crippen LogP contribution in [-0.2, 0) is 22.4 Å². The molecule has 0 bridgehead atoms. The average molecular weight is 371 g/mol. The van der Waals surface area contributed by atoms with Crippen LogP contribution < -0.4 is 10.6 Å². The molecule has 2 amide bonds. The molecule has 2 aromatic rings. The summed E-state index contributed by atoms with van der Waals surface area (Å²) >= 11 is 6.27. The van der Waals surface area contributed by atoms with E-state index in [1.165, 1.54) is 13.0 Å². The minimum Gasteiger partial charge on any atom is -0.326 e. The van der Waals surface area contributed by atoms with Crippen LogP contribution in [0.4, 0.5) is 11.4 Å². The number of hydrogen-bond donors (Lipinski definition) is 2. The molecule has 0 saturated heterocycles. The molecule has 0 aromatic heterocycles. The van der Waals surface area contributed by atoms with Gasteiger partial charge in [-0.15, -0.1) is 0 Å². The molecule has 5 heteroatoms. The van der Waals surface area contributed by atoms with Gasteiger partial charge >= 0.3 is 0 Å². The van der Waals surface area contributed by atoms with Gasteiger partial charge in [-0.3, -0.25) is 9.59 Å². The third kappa shape index (κ3) is 5.20. The van der Waals surface area contributed by atoms with Crippen molar-refractivity contribution in [2.24, 2.45) is 0 Å². The van der Waals surface area contributed by atoms with Crippen molar-refractivity contribution in [2.45, 2.75) is 33.6 Å². The van der Waals surface area contributed by atoms with Crippen molar-refractivity contribution in [2.75, 3.05) is 10.6 Å². The van der Waals surface area contributed by atoms with E-state index in [2.05, 4.69) is 10.6 Å². The quantitative estimate of drug-likeness (QED) is 0.697. The summed E-state index contributed by atoms with van der Waals surface area (Å²) in [7, 11) is 0. The lowest BCUT2D eigenvalue weighted by molar-refractivity contribution is -0.114. The van der Waals surface area contributed by atoms with E-state index in [-0.39, 0.29) is 11.8 Å². The van der Waals surface area contributed by atoms with Gasteiger partial charge in [0.25, 0.3) is 0 Å². The van der Waals surface area contributed by atoms with E-state index in [4.69, 9.17) is 11.6 Å². The molecule has 0 radical (unpaired) electrons. The predicted molar refractivity (Wildman–Crippen MR) is 109 cm³/mol.